The van der Waals surface area contributed by atoms with Gasteiger partial charge in [-0.25, -0.2) is 9.18 Å². The van der Waals surface area contributed by atoms with E-state index in [1.807, 2.05) is 39.8 Å². The first kappa shape index (κ1) is 26.7. The summed E-state index contributed by atoms with van der Waals surface area (Å²) in [5.74, 6) is -0.544. The first-order valence-electron chi connectivity index (χ1n) is 12.2. The molecule has 0 bridgehead atoms. The van der Waals surface area contributed by atoms with Gasteiger partial charge in [-0.2, -0.15) is 0 Å². The highest BCUT2D eigenvalue weighted by Crippen LogP contribution is 2.38. The van der Waals surface area contributed by atoms with Crippen molar-refractivity contribution in [3.8, 4) is 16.9 Å². The lowest BCUT2D eigenvalue weighted by Crippen LogP contribution is -2.49. The van der Waals surface area contributed by atoms with Crippen LogP contribution in [-0.2, 0) is 4.79 Å². The Morgan fingerprint density at radius 3 is 2.40 bits per heavy atom. The molecule has 2 aromatic carbocycles. The van der Waals surface area contributed by atoms with Gasteiger partial charge in [0.25, 0.3) is 0 Å². The van der Waals surface area contributed by atoms with Crippen molar-refractivity contribution in [2.75, 3.05) is 20.2 Å². The number of nitrogens with one attached hydrogen (secondary N) is 1. The Morgan fingerprint density at radius 2 is 1.77 bits per heavy atom. The fourth-order valence-electron chi connectivity index (χ4n) is 4.68. The number of carbonyl (C=O) groups excluding carboxylic acids is 2. The molecule has 7 heteroatoms. The van der Waals surface area contributed by atoms with Crippen LogP contribution in [0.1, 0.15) is 63.5 Å². The number of ether oxygens (including phenoxy) is 1. The Hall–Kier alpha value is -2.93. The van der Waals surface area contributed by atoms with Crippen LogP contribution in [0.4, 0.5) is 9.18 Å². The van der Waals surface area contributed by atoms with Crippen LogP contribution in [0.25, 0.3) is 11.1 Å². The maximum Gasteiger partial charge on any atom is 0.317 e. The number of amides is 2. The standard InChI is InChI=1S/C28H37FN2O4/c1-18-16-20(19-10-12-21(29)13-11-19)17-24(35-5)25(18)26-22(32)8-6-14-31(15-7-9-23(26)33)27(34)30-28(2,3)4/h10-13,16-17,22,26,32H,6-9,14-15H2,1-5H3,(H,30,34). The first-order valence-corrected chi connectivity index (χ1v) is 12.2. The fraction of sp³-hybridized carbons (Fsp3) is 0.500. The first-order chi connectivity index (χ1) is 16.5. The zero-order chi connectivity index (χ0) is 25.8. The minimum Gasteiger partial charge on any atom is -0.496 e. The maximum atomic E-state index is 13.4. The van der Waals surface area contributed by atoms with Crippen LogP contribution in [0.3, 0.4) is 0 Å². The monoisotopic (exact) mass is 484 g/mol. The van der Waals surface area contributed by atoms with Gasteiger partial charge in [0.05, 0.1) is 19.1 Å². The number of methoxy groups -OCH3 is 1. The summed E-state index contributed by atoms with van der Waals surface area (Å²) in [4.78, 5) is 27.8. The van der Waals surface area contributed by atoms with Crippen molar-refractivity contribution in [3.05, 3.63) is 53.3 Å². The lowest BCUT2D eigenvalue weighted by atomic mass is 9.81. The number of benzene rings is 2. The quantitative estimate of drug-likeness (QED) is 0.627. The largest absolute Gasteiger partial charge is 0.496 e. The molecule has 2 amide bonds. The second-order valence-corrected chi connectivity index (χ2v) is 10.3. The lowest BCUT2D eigenvalue weighted by Gasteiger charge is -2.31. The third kappa shape index (κ3) is 6.82. The number of Topliss-reactive ketones (excluding diaryl/α,β-unsaturated/α-hetero) is 1. The van der Waals surface area contributed by atoms with E-state index in [4.69, 9.17) is 4.74 Å². The maximum absolute atomic E-state index is 13.4. The molecule has 2 aromatic rings. The molecule has 1 fully saturated rings. The third-order valence-electron chi connectivity index (χ3n) is 6.34. The summed E-state index contributed by atoms with van der Waals surface area (Å²) in [5, 5.41) is 14.1. The number of urea groups is 1. The Morgan fingerprint density at radius 1 is 1.11 bits per heavy atom. The van der Waals surface area contributed by atoms with Crippen molar-refractivity contribution in [1.29, 1.82) is 0 Å². The van der Waals surface area contributed by atoms with Gasteiger partial charge in [0.1, 0.15) is 17.3 Å². The number of rotatable bonds is 3. The molecule has 3 rings (SSSR count). The van der Waals surface area contributed by atoms with Crippen molar-refractivity contribution >= 4 is 11.8 Å². The van der Waals surface area contributed by atoms with E-state index in [1.54, 1.807) is 24.1 Å². The molecule has 6 nitrogen and oxygen atoms in total. The molecule has 1 heterocycles. The van der Waals surface area contributed by atoms with E-state index in [9.17, 15) is 19.1 Å². The van der Waals surface area contributed by atoms with Gasteiger partial charge in [0.2, 0.25) is 0 Å². The van der Waals surface area contributed by atoms with Crippen LogP contribution in [0, 0.1) is 12.7 Å². The topological polar surface area (TPSA) is 78.9 Å². The summed E-state index contributed by atoms with van der Waals surface area (Å²) in [6, 6.07) is 9.86. The normalized spacial score (nSPS) is 19.9. The number of aliphatic hydroxyl groups is 1. The number of hydrogen-bond acceptors (Lipinski definition) is 4. The van der Waals surface area contributed by atoms with Gasteiger partial charge < -0.3 is 20.1 Å². The number of ketones is 1. The van der Waals surface area contributed by atoms with Gasteiger partial charge >= 0.3 is 6.03 Å². The molecule has 190 valence electrons. The highest BCUT2D eigenvalue weighted by atomic mass is 19.1. The van der Waals surface area contributed by atoms with Crippen LogP contribution >= 0.6 is 0 Å². The van der Waals surface area contributed by atoms with Crippen LogP contribution in [0.5, 0.6) is 5.75 Å². The smallest absolute Gasteiger partial charge is 0.317 e. The molecule has 0 radical (unpaired) electrons. The van der Waals surface area contributed by atoms with E-state index in [0.717, 1.165) is 16.7 Å². The van der Waals surface area contributed by atoms with Crippen LogP contribution in [0.15, 0.2) is 36.4 Å². The molecule has 0 aliphatic carbocycles. The van der Waals surface area contributed by atoms with Crippen LogP contribution < -0.4 is 10.1 Å². The fourth-order valence-corrected chi connectivity index (χ4v) is 4.68. The van der Waals surface area contributed by atoms with Crippen LogP contribution in [-0.4, -0.2) is 53.7 Å². The van der Waals surface area contributed by atoms with E-state index in [1.165, 1.54) is 12.1 Å². The van der Waals surface area contributed by atoms with Gasteiger partial charge in [0.15, 0.2) is 0 Å². The molecular formula is C28H37FN2O4. The summed E-state index contributed by atoms with van der Waals surface area (Å²) in [5.41, 5.74) is 2.88. The minimum atomic E-state index is -0.891. The van der Waals surface area contributed by atoms with Crippen molar-refractivity contribution in [2.45, 2.75) is 70.9 Å². The van der Waals surface area contributed by atoms with Crippen LogP contribution in [0.2, 0.25) is 0 Å². The summed E-state index contributed by atoms with van der Waals surface area (Å²) in [7, 11) is 1.55. The SMILES string of the molecule is COc1cc(-c2ccc(F)cc2)cc(C)c1C1C(=O)CCCN(C(=O)NC(C)(C)C)CCCC1O. The molecular weight excluding hydrogens is 447 g/mol. The Bertz CT molecular complexity index is 1050. The molecule has 1 saturated heterocycles. The summed E-state index contributed by atoms with van der Waals surface area (Å²) < 4.78 is 19.1. The van der Waals surface area contributed by atoms with Gasteiger partial charge in [-0.1, -0.05) is 18.2 Å². The lowest BCUT2D eigenvalue weighted by molar-refractivity contribution is -0.123. The zero-order valence-electron chi connectivity index (χ0n) is 21.4. The molecule has 2 N–H and O–H groups in total. The predicted molar refractivity (Wildman–Crippen MR) is 135 cm³/mol. The Kier molecular flexibility index (Phi) is 8.54. The van der Waals surface area contributed by atoms with Crippen molar-refractivity contribution < 1.29 is 23.8 Å². The number of aliphatic hydroxyl groups excluding tert-OH is 1. The minimum absolute atomic E-state index is 0.0634. The van der Waals surface area contributed by atoms with E-state index in [2.05, 4.69) is 5.32 Å². The molecule has 0 aromatic heterocycles. The van der Waals surface area contributed by atoms with Gasteiger partial charge in [-0.3, -0.25) is 4.79 Å². The van der Waals surface area contributed by atoms with E-state index < -0.39 is 12.0 Å². The second kappa shape index (κ2) is 11.2. The number of nitrogens with zero attached hydrogens (tertiary/aromatic N) is 1. The molecule has 1 aliphatic heterocycles. The number of halogens is 1. The Labute approximate surface area is 207 Å². The third-order valence-corrected chi connectivity index (χ3v) is 6.34. The Balaban J connectivity index is 1.86. The highest BCUT2D eigenvalue weighted by Gasteiger charge is 2.33. The molecule has 1 aliphatic rings. The zero-order valence-corrected chi connectivity index (χ0v) is 21.4. The van der Waals surface area contributed by atoms with E-state index in [0.29, 0.717) is 43.7 Å². The van der Waals surface area contributed by atoms with Crippen molar-refractivity contribution in [3.63, 3.8) is 0 Å². The molecule has 0 spiro atoms. The predicted octanol–water partition coefficient (Wildman–Crippen LogP) is 5.21. The average molecular weight is 485 g/mol. The summed E-state index contributed by atoms with van der Waals surface area (Å²) >= 11 is 0. The van der Waals surface area contributed by atoms with Gasteiger partial charge in [0, 0.05) is 30.6 Å². The summed E-state index contributed by atoms with van der Waals surface area (Å²) in [6.07, 6.45) is 0.852. The van der Waals surface area contributed by atoms with Gasteiger partial charge in [-0.15, -0.1) is 0 Å². The molecule has 35 heavy (non-hydrogen) atoms. The average Bonchev–Trinajstić information content (AvgIpc) is 2.78. The molecule has 2 atom stereocenters. The summed E-state index contributed by atoms with van der Waals surface area (Å²) in [6.45, 7) is 8.70. The van der Waals surface area contributed by atoms with E-state index >= 15 is 0 Å². The van der Waals surface area contributed by atoms with E-state index in [-0.39, 0.29) is 29.6 Å². The number of aryl methyl sites for hydroxylation is 1. The molecule has 2 unspecified atom stereocenters. The molecule has 0 saturated carbocycles. The number of hydrogen-bond donors (Lipinski definition) is 2. The second-order valence-electron chi connectivity index (χ2n) is 10.3. The van der Waals surface area contributed by atoms with Crippen molar-refractivity contribution in [2.24, 2.45) is 0 Å². The van der Waals surface area contributed by atoms with Gasteiger partial charge in [-0.05, 0) is 81.8 Å². The van der Waals surface area contributed by atoms with Crippen molar-refractivity contribution in [1.82, 2.24) is 10.2 Å². The number of carbonyl (C=O) groups is 2. The highest BCUT2D eigenvalue weighted by molar-refractivity contribution is 5.88.